The van der Waals surface area contributed by atoms with Crippen LogP contribution in [-0.2, 0) is 16.6 Å². The molecule has 0 bridgehead atoms. The van der Waals surface area contributed by atoms with E-state index >= 15 is 0 Å². The van der Waals surface area contributed by atoms with Crippen LogP contribution < -0.4 is 4.72 Å². The van der Waals surface area contributed by atoms with Gasteiger partial charge in [0.1, 0.15) is 10.6 Å². The number of hydrogen-bond donors (Lipinski definition) is 2. The molecule has 124 valence electrons. The van der Waals surface area contributed by atoms with Crippen molar-refractivity contribution in [3.8, 4) is 0 Å². The van der Waals surface area contributed by atoms with Crippen LogP contribution in [0.1, 0.15) is 41.5 Å². The highest BCUT2D eigenvalue weighted by Crippen LogP contribution is 2.21. The molecule has 0 radical (unpaired) electrons. The molecule has 1 unspecified atom stereocenters. The van der Waals surface area contributed by atoms with Gasteiger partial charge in [0.15, 0.2) is 0 Å². The lowest BCUT2D eigenvalue weighted by atomic mass is 10.0. The zero-order chi connectivity index (χ0) is 17.2. The van der Waals surface area contributed by atoms with E-state index in [1.54, 1.807) is 13.8 Å². The molecule has 1 heterocycles. The molecule has 0 fully saturated rings. The fraction of sp³-hybridized carbons (Fsp3) is 0.312. The van der Waals surface area contributed by atoms with Crippen molar-refractivity contribution in [1.82, 2.24) is 9.29 Å². The largest absolute Gasteiger partial charge is 0.477 e. The smallest absolute Gasteiger partial charge is 0.352 e. The average molecular weight is 336 g/mol. The number of aromatic carboxylic acids is 1. The van der Waals surface area contributed by atoms with E-state index in [4.69, 9.17) is 5.11 Å². The number of carbonyl (C=O) groups is 1. The molecule has 7 heteroatoms. The quantitative estimate of drug-likeness (QED) is 0.848. The minimum atomic E-state index is -3.80. The van der Waals surface area contributed by atoms with Crippen molar-refractivity contribution in [3.63, 3.8) is 0 Å². The van der Waals surface area contributed by atoms with E-state index in [1.165, 1.54) is 16.8 Å². The monoisotopic (exact) mass is 336 g/mol. The summed E-state index contributed by atoms with van der Waals surface area (Å²) in [4.78, 5) is 11.1. The summed E-state index contributed by atoms with van der Waals surface area (Å²) in [7, 11) is -3.80. The molecule has 2 aromatic rings. The number of carboxylic acids is 1. The van der Waals surface area contributed by atoms with Gasteiger partial charge in [-0.2, -0.15) is 0 Å². The number of hydrogen-bond acceptors (Lipinski definition) is 3. The standard InChI is InChI=1S/C16H20N2O4S/c1-4-18-10-13(9-15(18)16(19)20)23(21,22)17-12(3)14-8-6-5-7-11(14)2/h5-10,12,17H,4H2,1-3H3,(H,19,20). The van der Waals surface area contributed by atoms with Crippen LogP contribution in [0, 0.1) is 6.92 Å². The Balaban J connectivity index is 2.32. The first kappa shape index (κ1) is 17.2. The number of carboxylic acid groups (broad SMARTS) is 1. The number of aryl methyl sites for hydroxylation is 2. The van der Waals surface area contributed by atoms with E-state index in [0.717, 1.165) is 11.1 Å². The Bertz CT molecular complexity index is 824. The molecule has 2 N–H and O–H groups in total. The SMILES string of the molecule is CCn1cc(S(=O)(=O)NC(C)c2ccccc2C)cc1C(=O)O. The molecular formula is C16H20N2O4S. The van der Waals surface area contributed by atoms with Crippen molar-refractivity contribution in [2.24, 2.45) is 0 Å². The molecule has 23 heavy (non-hydrogen) atoms. The van der Waals surface area contributed by atoms with Gasteiger partial charge in [0.2, 0.25) is 10.0 Å². The van der Waals surface area contributed by atoms with Crippen molar-refractivity contribution in [2.45, 2.75) is 38.3 Å². The second kappa shape index (κ2) is 6.55. The number of sulfonamides is 1. The molecular weight excluding hydrogens is 316 g/mol. The molecule has 0 spiro atoms. The van der Waals surface area contributed by atoms with E-state index in [1.807, 2.05) is 31.2 Å². The first-order valence-corrected chi connectivity index (χ1v) is 8.76. The van der Waals surface area contributed by atoms with Crippen LogP contribution >= 0.6 is 0 Å². The van der Waals surface area contributed by atoms with Crippen molar-refractivity contribution >= 4 is 16.0 Å². The van der Waals surface area contributed by atoms with E-state index in [9.17, 15) is 13.2 Å². The zero-order valence-electron chi connectivity index (χ0n) is 13.3. The summed E-state index contributed by atoms with van der Waals surface area (Å²) in [5.41, 5.74) is 1.82. The Morgan fingerprint density at radius 2 is 2.00 bits per heavy atom. The van der Waals surface area contributed by atoms with Crippen molar-refractivity contribution in [3.05, 3.63) is 53.3 Å². The molecule has 0 saturated carbocycles. The van der Waals surface area contributed by atoms with Gasteiger partial charge in [0.25, 0.3) is 0 Å². The molecule has 1 atom stereocenters. The lowest BCUT2D eigenvalue weighted by molar-refractivity contribution is 0.0685. The van der Waals surface area contributed by atoms with Gasteiger partial charge in [-0.3, -0.25) is 0 Å². The number of nitrogens with one attached hydrogen (secondary N) is 1. The van der Waals surface area contributed by atoms with Crippen LogP contribution in [0.3, 0.4) is 0 Å². The lowest BCUT2D eigenvalue weighted by Gasteiger charge is -2.16. The van der Waals surface area contributed by atoms with Gasteiger partial charge in [-0.1, -0.05) is 24.3 Å². The Labute approximate surface area is 135 Å². The summed E-state index contributed by atoms with van der Waals surface area (Å²) in [6.45, 7) is 5.81. The van der Waals surface area contributed by atoms with Gasteiger partial charge >= 0.3 is 5.97 Å². The van der Waals surface area contributed by atoms with Gasteiger partial charge in [0.05, 0.1) is 0 Å². The maximum absolute atomic E-state index is 12.5. The molecule has 0 aliphatic heterocycles. The number of aromatic nitrogens is 1. The van der Waals surface area contributed by atoms with E-state index < -0.39 is 22.0 Å². The Kier molecular flexibility index (Phi) is 4.91. The van der Waals surface area contributed by atoms with Crippen molar-refractivity contribution in [1.29, 1.82) is 0 Å². The second-order valence-corrected chi connectivity index (χ2v) is 7.07. The first-order chi connectivity index (χ1) is 10.8. The fourth-order valence-electron chi connectivity index (χ4n) is 2.51. The third-order valence-corrected chi connectivity index (χ3v) is 5.24. The van der Waals surface area contributed by atoms with Crippen LogP contribution in [-0.4, -0.2) is 24.1 Å². The van der Waals surface area contributed by atoms with E-state index in [-0.39, 0.29) is 10.6 Å². The zero-order valence-corrected chi connectivity index (χ0v) is 14.1. The molecule has 0 aliphatic rings. The molecule has 0 aliphatic carbocycles. The first-order valence-electron chi connectivity index (χ1n) is 7.27. The molecule has 0 amide bonds. The van der Waals surface area contributed by atoms with Crippen LogP contribution in [0.4, 0.5) is 0 Å². The molecule has 0 saturated heterocycles. The number of nitrogens with zero attached hydrogens (tertiary/aromatic N) is 1. The van der Waals surface area contributed by atoms with E-state index in [2.05, 4.69) is 4.72 Å². The van der Waals surface area contributed by atoms with E-state index in [0.29, 0.717) is 6.54 Å². The van der Waals surface area contributed by atoms with Crippen LogP contribution in [0.15, 0.2) is 41.4 Å². The Hall–Kier alpha value is -2.12. The third-order valence-electron chi connectivity index (χ3n) is 3.73. The molecule has 1 aromatic carbocycles. The van der Waals surface area contributed by atoms with Crippen molar-refractivity contribution < 1.29 is 18.3 Å². The summed E-state index contributed by atoms with van der Waals surface area (Å²) in [5, 5.41) is 9.14. The molecule has 6 nitrogen and oxygen atoms in total. The van der Waals surface area contributed by atoms with Gasteiger partial charge in [-0.05, 0) is 38.0 Å². The topological polar surface area (TPSA) is 88.4 Å². The van der Waals surface area contributed by atoms with Crippen LogP contribution in [0.25, 0.3) is 0 Å². The van der Waals surface area contributed by atoms with Crippen molar-refractivity contribution in [2.75, 3.05) is 0 Å². The molecule has 2 rings (SSSR count). The summed E-state index contributed by atoms with van der Waals surface area (Å²) < 4.78 is 29.0. The van der Waals surface area contributed by atoms with Crippen LogP contribution in [0.2, 0.25) is 0 Å². The highest BCUT2D eigenvalue weighted by Gasteiger charge is 2.23. The Morgan fingerprint density at radius 1 is 1.35 bits per heavy atom. The lowest BCUT2D eigenvalue weighted by Crippen LogP contribution is -2.27. The highest BCUT2D eigenvalue weighted by molar-refractivity contribution is 7.89. The van der Waals surface area contributed by atoms with Gasteiger partial charge in [-0.25, -0.2) is 17.9 Å². The normalized spacial score (nSPS) is 13.0. The molecule has 1 aromatic heterocycles. The minimum Gasteiger partial charge on any atom is -0.477 e. The fourth-order valence-corrected chi connectivity index (χ4v) is 3.77. The predicted molar refractivity (Wildman–Crippen MR) is 87.0 cm³/mol. The second-order valence-electron chi connectivity index (χ2n) is 5.35. The maximum atomic E-state index is 12.5. The minimum absolute atomic E-state index is 0.0443. The van der Waals surface area contributed by atoms with Gasteiger partial charge < -0.3 is 9.67 Å². The summed E-state index contributed by atoms with van der Waals surface area (Å²) in [6, 6.07) is 8.28. The van der Waals surface area contributed by atoms with Gasteiger partial charge in [0, 0.05) is 18.8 Å². The van der Waals surface area contributed by atoms with Crippen LogP contribution in [0.5, 0.6) is 0 Å². The Morgan fingerprint density at radius 3 is 2.52 bits per heavy atom. The summed E-state index contributed by atoms with van der Waals surface area (Å²) in [6.07, 6.45) is 1.34. The predicted octanol–water partition coefficient (Wildman–Crippen LogP) is 2.55. The maximum Gasteiger partial charge on any atom is 0.352 e. The average Bonchev–Trinajstić information content (AvgIpc) is 2.92. The number of benzene rings is 1. The van der Waals surface area contributed by atoms with Gasteiger partial charge in [-0.15, -0.1) is 0 Å². The summed E-state index contributed by atoms with van der Waals surface area (Å²) in [5.74, 6) is -1.15. The highest BCUT2D eigenvalue weighted by atomic mass is 32.2. The summed E-state index contributed by atoms with van der Waals surface area (Å²) >= 11 is 0. The number of rotatable bonds is 6. The third kappa shape index (κ3) is 3.62.